The maximum Gasteiger partial charge on any atom is 0.255 e. The topological polar surface area (TPSA) is 49.4 Å². The van der Waals surface area contributed by atoms with Crippen molar-refractivity contribution in [3.05, 3.63) is 0 Å². The fourth-order valence-electron chi connectivity index (χ4n) is 2.08. The third kappa shape index (κ3) is 3.14. The van der Waals surface area contributed by atoms with E-state index in [-0.39, 0.29) is 5.91 Å². The molecule has 0 aromatic heterocycles. The lowest BCUT2D eigenvalue weighted by Crippen LogP contribution is -2.63. The molecule has 2 unspecified atom stereocenters. The lowest BCUT2D eigenvalue weighted by Gasteiger charge is -2.38. The highest BCUT2D eigenvalue weighted by Gasteiger charge is 2.39. The Morgan fingerprint density at radius 3 is 2.47 bits per heavy atom. The number of carbonyl (C=O) groups excluding carboxylic acids is 2. The molecule has 0 aromatic rings. The first-order valence-corrected chi connectivity index (χ1v) is 5.90. The first-order chi connectivity index (χ1) is 8.01. The molecule has 2 atom stereocenters. The first kappa shape index (κ1) is 13.9. The van der Waals surface area contributed by atoms with Gasteiger partial charge in [-0.05, 0) is 12.8 Å². The summed E-state index contributed by atoms with van der Waals surface area (Å²) in [7, 11) is 0. The average Bonchev–Trinajstić information content (AvgIpc) is 2.25. The summed E-state index contributed by atoms with van der Waals surface area (Å²) in [4.78, 5) is 24.7. The summed E-state index contributed by atoms with van der Waals surface area (Å²) >= 11 is 0. The van der Waals surface area contributed by atoms with Crippen LogP contribution in [0.1, 0.15) is 33.1 Å². The largest absolute Gasteiger partial charge is 0.343 e. The van der Waals surface area contributed by atoms with Crippen molar-refractivity contribution >= 4 is 11.8 Å². The Labute approximate surface area is 99.3 Å². The molecule has 1 aliphatic heterocycles. The molecule has 0 radical (unpaired) electrons. The highest BCUT2D eigenvalue weighted by molar-refractivity contribution is 5.96. The lowest BCUT2D eigenvalue weighted by atomic mass is 10.0. The van der Waals surface area contributed by atoms with Crippen molar-refractivity contribution in [2.24, 2.45) is 0 Å². The molecule has 0 saturated carbocycles. The fraction of sp³-hybridized carbons (Fsp3) is 0.818. The van der Waals surface area contributed by atoms with Gasteiger partial charge in [-0.1, -0.05) is 20.3 Å². The predicted octanol–water partition coefficient (Wildman–Crippen LogP) is 1.16. The van der Waals surface area contributed by atoms with Crippen molar-refractivity contribution in [3.63, 3.8) is 0 Å². The van der Waals surface area contributed by atoms with E-state index in [0.29, 0.717) is 12.8 Å². The molecule has 1 saturated heterocycles. The van der Waals surface area contributed by atoms with Crippen molar-refractivity contribution < 1.29 is 18.4 Å². The molecular weight excluding hydrogens is 230 g/mol. The summed E-state index contributed by atoms with van der Waals surface area (Å²) in [5.74, 6) is -0.718. The van der Waals surface area contributed by atoms with E-state index in [1.54, 1.807) is 6.92 Å². The Morgan fingerprint density at radius 1 is 1.35 bits per heavy atom. The molecule has 98 valence electrons. The number of rotatable bonds is 5. The summed E-state index contributed by atoms with van der Waals surface area (Å²) in [5, 5.41) is 2.60. The molecule has 4 nitrogen and oxygen atoms in total. The van der Waals surface area contributed by atoms with E-state index in [1.807, 2.05) is 6.92 Å². The van der Waals surface area contributed by atoms with Crippen LogP contribution in [0.5, 0.6) is 0 Å². The van der Waals surface area contributed by atoms with Crippen LogP contribution in [-0.4, -0.2) is 41.8 Å². The van der Waals surface area contributed by atoms with Gasteiger partial charge in [-0.15, -0.1) is 0 Å². The number of alkyl halides is 2. The second-order valence-electron chi connectivity index (χ2n) is 4.16. The maximum absolute atomic E-state index is 12.4. The number of piperazine rings is 1. The molecule has 17 heavy (non-hydrogen) atoms. The van der Waals surface area contributed by atoms with Crippen molar-refractivity contribution in [1.29, 1.82) is 0 Å². The number of amides is 2. The van der Waals surface area contributed by atoms with E-state index in [4.69, 9.17) is 0 Å². The van der Waals surface area contributed by atoms with Gasteiger partial charge in [-0.3, -0.25) is 9.59 Å². The standard InChI is InChI=1S/C11H18F2N2O2/c1-3-5-7-11(17)15(6-9(12)13)8(4-2)10(16)14-7/h7-9H,3-6H2,1-2H3,(H,14,16). The van der Waals surface area contributed by atoms with Crippen LogP contribution in [0.4, 0.5) is 8.78 Å². The van der Waals surface area contributed by atoms with Crippen LogP contribution in [0.25, 0.3) is 0 Å². The van der Waals surface area contributed by atoms with Gasteiger partial charge in [0.2, 0.25) is 11.8 Å². The molecule has 1 fully saturated rings. The van der Waals surface area contributed by atoms with Gasteiger partial charge < -0.3 is 10.2 Å². The number of halogens is 2. The molecule has 1 N–H and O–H groups in total. The van der Waals surface area contributed by atoms with Crippen LogP contribution in [0, 0.1) is 0 Å². The van der Waals surface area contributed by atoms with Crippen LogP contribution >= 0.6 is 0 Å². The molecule has 0 spiro atoms. The smallest absolute Gasteiger partial charge is 0.255 e. The number of nitrogens with one attached hydrogen (secondary N) is 1. The van der Waals surface area contributed by atoms with Gasteiger partial charge in [-0.2, -0.15) is 0 Å². The summed E-state index contributed by atoms with van der Waals surface area (Å²) in [6, 6.07) is -1.40. The fourth-order valence-corrected chi connectivity index (χ4v) is 2.08. The molecule has 0 aliphatic carbocycles. The second-order valence-corrected chi connectivity index (χ2v) is 4.16. The quantitative estimate of drug-likeness (QED) is 0.793. The average molecular weight is 248 g/mol. The minimum atomic E-state index is -2.61. The van der Waals surface area contributed by atoms with E-state index in [9.17, 15) is 18.4 Å². The highest BCUT2D eigenvalue weighted by atomic mass is 19.3. The zero-order valence-electron chi connectivity index (χ0n) is 10.1. The normalized spacial score (nSPS) is 25.4. The monoisotopic (exact) mass is 248 g/mol. The van der Waals surface area contributed by atoms with Crippen LogP contribution < -0.4 is 5.32 Å². The van der Waals surface area contributed by atoms with E-state index in [1.165, 1.54) is 0 Å². The zero-order chi connectivity index (χ0) is 13.0. The van der Waals surface area contributed by atoms with E-state index < -0.39 is 31.0 Å². The predicted molar refractivity (Wildman–Crippen MR) is 58.6 cm³/mol. The van der Waals surface area contributed by atoms with Crippen LogP contribution in [0.3, 0.4) is 0 Å². The van der Waals surface area contributed by atoms with Gasteiger partial charge >= 0.3 is 0 Å². The Hall–Kier alpha value is -1.20. The molecule has 1 aliphatic rings. The molecule has 0 bridgehead atoms. The second kappa shape index (κ2) is 5.93. The summed E-state index contributed by atoms with van der Waals surface area (Å²) in [6.07, 6.45) is -1.05. The third-order valence-corrected chi connectivity index (χ3v) is 2.88. The van der Waals surface area contributed by atoms with Crippen molar-refractivity contribution in [2.75, 3.05) is 6.54 Å². The molecular formula is C11H18F2N2O2. The minimum Gasteiger partial charge on any atom is -0.343 e. The minimum absolute atomic E-state index is 0.328. The van der Waals surface area contributed by atoms with Crippen LogP contribution in [0.15, 0.2) is 0 Å². The maximum atomic E-state index is 12.4. The van der Waals surface area contributed by atoms with Crippen LogP contribution in [-0.2, 0) is 9.59 Å². The van der Waals surface area contributed by atoms with Gasteiger partial charge in [-0.25, -0.2) is 8.78 Å². The highest BCUT2D eigenvalue weighted by Crippen LogP contribution is 2.17. The summed E-state index contributed by atoms with van der Waals surface area (Å²) in [5.41, 5.74) is 0. The van der Waals surface area contributed by atoms with Gasteiger partial charge in [0.25, 0.3) is 6.43 Å². The van der Waals surface area contributed by atoms with Gasteiger partial charge in [0, 0.05) is 0 Å². The molecule has 2 amide bonds. The number of hydrogen-bond donors (Lipinski definition) is 1. The Balaban J connectivity index is 2.84. The van der Waals surface area contributed by atoms with Crippen molar-refractivity contribution in [3.8, 4) is 0 Å². The van der Waals surface area contributed by atoms with E-state index in [2.05, 4.69) is 5.32 Å². The number of carbonyl (C=O) groups is 2. The number of hydrogen-bond acceptors (Lipinski definition) is 2. The van der Waals surface area contributed by atoms with E-state index in [0.717, 1.165) is 11.3 Å². The molecule has 1 heterocycles. The lowest BCUT2D eigenvalue weighted by molar-refractivity contribution is -0.151. The number of nitrogens with zero attached hydrogens (tertiary/aromatic N) is 1. The zero-order valence-corrected chi connectivity index (χ0v) is 10.1. The summed E-state index contributed by atoms with van der Waals surface area (Å²) < 4.78 is 24.8. The first-order valence-electron chi connectivity index (χ1n) is 5.90. The van der Waals surface area contributed by atoms with Gasteiger partial charge in [0.1, 0.15) is 12.1 Å². The Morgan fingerprint density at radius 2 is 2.00 bits per heavy atom. The third-order valence-electron chi connectivity index (χ3n) is 2.88. The van der Waals surface area contributed by atoms with E-state index >= 15 is 0 Å². The van der Waals surface area contributed by atoms with Gasteiger partial charge in [0.15, 0.2) is 0 Å². The van der Waals surface area contributed by atoms with Crippen molar-refractivity contribution in [1.82, 2.24) is 10.2 Å². The Kier molecular flexibility index (Phi) is 4.84. The SMILES string of the molecule is CCCC1NC(=O)C(CC)N(CC(F)F)C1=O. The molecule has 6 heteroatoms. The Bertz CT molecular complexity index is 297. The molecule has 0 aromatic carbocycles. The van der Waals surface area contributed by atoms with Crippen molar-refractivity contribution in [2.45, 2.75) is 51.6 Å². The van der Waals surface area contributed by atoms with Crippen LogP contribution in [0.2, 0.25) is 0 Å². The summed E-state index contributed by atoms with van der Waals surface area (Å²) in [6.45, 7) is 2.92. The van der Waals surface area contributed by atoms with Gasteiger partial charge in [0.05, 0.1) is 6.54 Å². The molecule has 1 rings (SSSR count).